The van der Waals surface area contributed by atoms with Gasteiger partial charge in [-0.3, -0.25) is 4.79 Å². The average Bonchev–Trinajstić information content (AvgIpc) is 3.11. The minimum Gasteiger partial charge on any atom is -0.465 e. The van der Waals surface area contributed by atoms with Crippen molar-refractivity contribution in [1.29, 1.82) is 0 Å². The molecule has 0 atom stereocenters. The third kappa shape index (κ3) is 4.54. The summed E-state index contributed by atoms with van der Waals surface area (Å²) < 4.78 is 7.12. The number of fused-ring (bicyclic) bond motifs is 1. The number of carbonyl (C=O) groups excluding carboxylic acids is 2. The Bertz CT molecular complexity index is 1360. The van der Waals surface area contributed by atoms with E-state index in [1.54, 1.807) is 18.2 Å². The Labute approximate surface area is 187 Å². The molecule has 4 rings (SSSR count). The molecule has 0 aliphatic heterocycles. The van der Waals surface area contributed by atoms with Gasteiger partial charge in [0.2, 0.25) is 5.91 Å². The largest absolute Gasteiger partial charge is 0.465 e. The third-order valence-electron chi connectivity index (χ3n) is 4.57. The number of nitrogens with one attached hydrogen (secondary N) is 1. The number of methoxy groups -OCH3 is 1. The second kappa shape index (κ2) is 9.06. The zero-order chi connectivity index (χ0) is 22.7. The maximum atomic E-state index is 12.7. The maximum Gasteiger partial charge on any atom is 0.350 e. The number of aryl methyl sites for hydroxylation is 1. The quantitative estimate of drug-likeness (QED) is 0.451. The van der Waals surface area contributed by atoms with Crippen molar-refractivity contribution in [1.82, 2.24) is 19.2 Å². The molecule has 2 heterocycles. The van der Waals surface area contributed by atoms with Crippen LogP contribution in [0.5, 0.6) is 0 Å². The maximum absolute atomic E-state index is 12.7. The molecule has 0 spiro atoms. The summed E-state index contributed by atoms with van der Waals surface area (Å²) in [6, 6.07) is 14.3. The van der Waals surface area contributed by atoms with Crippen LogP contribution in [0.15, 0.2) is 75.6 Å². The third-order valence-corrected chi connectivity index (χ3v) is 5.55. The van der Waals surface area contributed by atoms with E-state index in [1.165, 1.54) is 41.7 Å². The van der Waals surface area contributed by atoms with Gasteiger partial charge in [0.1, 0.15) is 11.6 Å². The number of rotatable bonds is 6. The molecule has 0 saturated carbocycles. The fourth-order valence-electron chi connectivity index (χ4n) is 3.00. The Hall–Kier alpha value is -3.92. The fourth-order valence-corrected chi connectivity index (χ4v) is 3.84. The van der Waals surface area contributed by atoms with Crippen molar-refractivity contribution >= 4 is 35.0 Å². The molecule has 1 N–H and O–H groups in total. The van der Waals surface area contributed by atoms with E-state index in [9.17, 15) is 14.4 Å². The van der Waals surface area contributed by atoms with Gasteiger partial charge in [-0.05, 0) is 37.3 Å². The monoisotopic (exact) mass is 449 g/mol. The zero-order valence-electron chi connectivity index (χ0n) is 17.3. The second-order valence-electron chi connectivity index (χ2n) is 6.90. The van der Waals surface area contributed by atoms with Crippen molar-refractivity contribution in [2.24, 2.45) is 0 Å². The molecule has 9 nitrogen and oxygen atoms in total. The van der Waals surface area contributed by atoms with Gasteiger partial charge in [-0.15, -0.1) is 5.10 Å². The Kier molecular flexibility index (Phi) is 6.04. The molecule has 0 fully saturated rings. The number of aromatic nitrogens is 4. The van der Waals surface area contributed by atoms with Gasteiger partial charge in [0.15, 0.2) is 5.65 Å². The zero-order valence-corrected chi connectivity index (χ0v) is 18.1. The van der Waals surface area contributed by atoms with Gasteiger partial charge in [0, 0.05) is 23.0 Å². The lowest BCUT2D eigenvalue weighted by Gasteiger charge is -2.06. The predicted molar refractivity (Wildman–Crippen MR) is 119 cm³/mol. The van der Waals surface area contributed by atoms with E-state index in [1.807, 2.05) is 31.2 Å². The predicted octanol–water partition coefficient (Wildman–Crippen LogP) is 2.78. The summed E-state index contributed by atoms with van der Waals surface area (Å²) in [6.45, 7) is 1.71. The van der Waals surface area contributed by atoms with Gasteiger partial charge in [-0.25, -0.2) is 23.7 Å². The smallest absolute Gasteiger partial charge is 0.350 e. The Morgan fingerprint density at radius 1 is 1.16 bits per heavy atom. The molecule has 10 heteroatoms. The first-order valence-electron chi connectivity index (χ1n) is 9.61. The van der Waals surface area contributed by atoms with Crippen molar-refractivity contribution in [3.05, 3.63) is 82.5 Å². The molecule has 0 bridgehead atoms. The number of benzene rings is 2. The summed E-state index contributed by atoms with van der Waals surface area (Å²) in [7, 11) is 1.28. The summed E-state index contributed by atoms with van der Waals surface area (Å²) in [5, 5.41) is 7.53. The first-order chi connectivity index (χ1) is 15.4. The molecule has 0 aliphatic rings. The van der Waals surface area contributed by atoms with E-state index in [0.29, 0.717) is 21.9 Å². The van der Waals surface area contributed by atoms with Crippen molar-refractivity contribution in [3.63, 3.8) is 0 Å². The van der Waals surface area contributed by atoms with Crippen molar-refractivity contribution in [2.75, 3.05) is 12.4 Å². The Morgan fingerprint density at radius 3 is 2.69 bits per heavy atom. The number of anilines is 1. The molecule has 1 amide bonds. The van der Waals surface area contributed by atoms with Crippen LogP contribution in [0.25, 0.3) is 5.65 Å². The molecule has 0 radical (unpaired) electrons. The SMILES string of the molecule is COC(=O)c1cccc(NC(=O)Cn2nc3c(Sc4ccc(C)cc4)nccn3c2=O)c1. The van der Waals surface area contributed by atoms with E-state index in [2.05, 4.69) is 20.1 Å². The molecular weight excluding hydrogens is 430 g/mol. The summed E-state index contributed by atoms with van der Waals surface area (Å²) >= 11 is 1.38. The molecule has 0 aliphatic carbocycles. The highest BCUT2D eigenvalue weighted by molar-refractivity contribution is 7.99. The number of carbonyl (C=O) groups is 2. The first-order valence-corrected chi connectivity index (χ1v) is 10.4. The normalized spacial score (nSPS) is 10.8. The lowest BCUT2D eigenvalue weighted by molar-refractivity contribution is -0.117. The van der Waals surface area contributed by atoms with E-state index >= 15 is 0 Å². The number of nitrogens with zero attached hydrogens (tertiary/aromatic N) is 4. The van der Waals surface area contributed by atoms with Crippen molar-refractivity contribution < 1.29 is 14.3 Å². The van der Waals surface area contributed by atoms with Crippen LogP contribution in [0.1, 0.15) is 15.9 Å². The van der Waals surface area contributed by atoms with Gasteiger partial charge >= 0.3 is 11.7 Å². The summed E-state index contributed by atoms with van der Waals surface area (Å²) in [6.07, 6.45) is 3.04. The van der Waals surface area contributed by atoms with E-state index in [4.69, 9.17) is 0 Å². The van der Waals surface area contributed by atoms with Crippen molar-refractivity contribution in [3.8, 4) is 0 Å². The average molecular weight is 449 g/mol. The van der Waals surface area contributed by atoms with Crippen molar-refractivity contribution in [2.45, 2.75) is 23.4 Å². The number of ether oxygens (including phenoxy) is 1. The van der Waals surface area contributed by atoms with Crippen LogP contribution < -0.4 is 11.0 Å². The molecular formula is C22H19N5O4S. The highest BCUT2D eigenvalue weighted by atomic mass is 32.2. The van der Waals surface area contributed by atoms with Gasteiger partial charge in [0.05, 0.1) is 12.7 Å². The van der Waals surface area contributed by atoms with E-state index in [0.717, 1.165) is 15.1 Å². The number of amides is 1. The highest BCUT2D eigenvalue weighted by Crippen LogP contribution is 2.28. The van der Waals surface area contributed by atoms with Crippen LogP contribution in [0.2, 0.25) is 0 Å². The molecule has 2 aromatic heterocycles. The minimum absolute atomic E-state index is 0.294. The Balaban J connectivity index is 1.55. The van der Waals surface area contributed by atoms with Crippen LogP contribution in [0.4, 0.5) is 5.69 Å². The molecule has 0 unspecified atom stereocenters. The van der Waals surface area contributed by atoms with Gasteiger partial charge in [0.25, 0.3) is 0 Å². The van der Waals surface area contributed by atoms with Crippen LogP contribution in [-0.2, 0) is 16.1 Å². The van der Waals surface area contributed by atoms with E-state index in [-0.39, 0.29) is 6.54 Å². The summed E-state index contributed by atoms with van der Waals surface area (Å²) in [4.78, 5) is 42.2. The van der Waals surface area contributed by atoms with E-state index < -0.39 is 17.6 Å². The highest BCUT2D eigenvalue weighted by Gasteiger charge is 2.15. The summed E-state index contributed by atoms with van der Waals surface area (Å²) in [5.41, 5.74) is 1.77. The number of hydrogen-bond donors (Lipinski definition) is 1. The standard InChI is InChI=1S/C22H19N5O4S/c1-14-6-8-17(9-7-14)32-20-19-25-27(22(30)26(19)11-10-23-20)13-18(28)24-16-5-3-4-15(12-16)21(29)31-2/h3-12H,13H2,1-2H3,(H,24,28). The molecule has 4 aromatic rings. The van der Waals surface area contributed by atoms with Gasteiger partial charge in [-0.2, -0.15) is 0 Å². The lowest BCUT2D eigenvalue weighted by Crippen LogP contribution is -2.28. The lowest BCUT2D eigenvalue weighted by atomic mass is 10.2. The fraction of sp³-hybridized carbons (Fsp3) is 0.136. The molecule has 162 valence electrons. The first kappa shape index (κ1) is 21.3. The number of hydrogen-bond acceptors (Lipinski definition) is 7. The Morgan fingerprint density at radius 2 is 1.94 bits per heavy atom. The van der Waals surface area contributed by atoms with Crippen LogP contribution >= 0.6 is 11.8 Å². The minimum atomic E-state index is -0.510. The topological polar surface area (TPSA) is 108 Å². The molecule has 0 saturated heterocycles. The van der Waals surface area contributed by atoms with Crippen LogP contribution in [0.3, 0.4) is 0 Å². The van der Waals surface area contributed by atoms with Gasteiger partial charge < -0.3 is 10.1 Å². The van der Waals surface area contributed by atoms with Crippen LogP contribution in [0, 0.1) is 6.92 Å². The number of esters is 1. The summed E-state index contributed by atoms with van der Waals surface area (Å²) in [5.74, 6) is -0.970. The molecule has 32 heavy (non-hydrogen) atoms. The van der Waals surface area contributed by atoms with Crippen LogP contribution in [-0.4, -0.2) is 38.2 Å². The van der Waals surface area contributed by atoms with Gasteiger partial charge in [-0.1, -0.05) is 35.5 Å². The second-order valence-corrected chi connectivity index (χ2v) is 7.96. The molecule has 2 aromatic carbocycles.